The molecule has 3 aromatic rings. The summed E-state index contributed by atoms with van der Waals surface area (Å²) in [5, 5.41) is 1.83. The second kappa shape index (κ2) is 7.88. The first-order valence-corrected chi connectivity index (χ1v) is 11.3. The van der Waals surface area contributed by atoms with Gasteiger partial charge in [-0.05, 0) is 67.8 Å². The molecule has 2 aliphatic rings. The first-order valence-electron chi connectivity index (χ1n) is 9.72. The molecule has 0 N–H and O–H groups in total. The van der Waals surface area contributed by atoms with E-state index in [1.807, 2.05) is 36.4 Å². The number of benzene rings is 2. The topological polar surface area (TPSA) is 41.9 Å². The van der Waals surface area contributed by atoms with Gasteiger partial charge in [-0.25, -0.2) is 4.79 Å². The highest BCUT2D eigenvalue weighted by Crippen LogP contribution is 2.46. The fourth-order valence-electron chi connectivity index (χ4n) is 4.36. The molecule has 29 heavy (non-hydrogen) atoms. The van der Waals surface area contributed by atoms with Crippen LogP contribution in [-0.2, 0) is 4.79 Å². The molecule has 0 saturated carbocycles. The molecule has 1 fully saturated rings. The van der Waals surface area contributed by atoms with E-state index in [0.717, 1.165) is 49.6 Å². The van der Waals surface area contributed by atoms with Crippen LogP contribution in [0.4, 0.5) is 5.00 Å². The number of hydrogen-bond acceptors (Lipinski definition) is 5. The van der Waals surface area contributed by atoms with E-state index < -0.39 is 0 Å². The number of fused-ring (bicyclic) bond motifs is 2. The van der Waals surface area contributed by atoms with Gasteiger partial charge in [0.1, 0.15) is 16.5 Å². The van der Waals surface area contributed by atoms with Crippen LogP contribution < -0.4 is 4.74 Å². The maximum Gasteiger partial charge on any atom is 0.241 e. The van der Waals surface area contributed by atoms with Gasteiger partial charge in [-0.15, -0.1) is 11.3 Å². The number of ether oxygens (including phenoxy) is 1. The molecule has 4 nitrogen and oxygen atoms in total. The highest BCUT2D eigenvalue weighted by Gasteiger charge is 2.30. The van der Waals surface area contributed by atoms with Gasteiger partial charge in [0.15, 0.2) is 0 Å². The minimum absolute atomic E-state index is 0.596. The van der Waals surface area contributed by atoms with Gasteiger partial charge >= 0.3 is 0 Å². The summed E-state index contributed by atoms with van der Waals surface area (Å²) in [7, 11) is 0. The molecule has 1 aromatic heterocycles. The lowest BCUT2D eigenvalue weighted by Crippen LogP contribution is -2.32. The Labute approximate surface area is 181 Å². The Hall–Kier alpha value is -2.24. The van der Waals surface area contributed by atoms with E-state index in [0.29, 0.717) is 6.04 Å². The molecule has 0 aliphatic carbocycles. The summed E-state index contributed by atoms with van der Waals surface area (Å²) in [6.45, 7) is 2.15. The number of carbonyl (C=O) groups excluding carboxylic acids is 1. The largest absolute Gasteiger partial charge is 0.457 e. The van der Waals surface area contributed by atoms with Crippen LogP contribution in [0.15, 0.2) is 58.0 Å². The molecule has 0 bridgehead atoms. The molecule has 2 aliphatic heterocycles. The highest BCUT2D eigenvalue weighted by molar-refractivity contribution is 9.10. The number of rotatable bonds is 4. The van der Waals surface area contributed by atoms with Gasteiger partial charge in [0.05, 0.1) is 0 Å². The third kappa shape index (κ3) is 3.69. The van der Waals surface area contributed by atoms with Crippen molar-refractivity contribution < 1.29 is 9.53 Å². The lowest BCUT2D eigenvalue weighted by atomic mass is 9.93. The van der Waals surface area contributed by atoms with Crippen LogP contribution in [0.1, 0.15) is 24.8 Å². The minimum Gasteiger partial charge on any atom is -0.457 e. The molecule has 1 saturated heterocycles. The Morgan fingerprint density at radius 3 is 2.97 bits per heavy atom. The molecular weight excluding hydrogens is 448 g/mol. The van der Waals surface area contributed by atoms with Crippen LogP contribution in [-0.4, -0.2) is 30.1 Å². The molecule has 146 valence electrons. The smallest absolute Gasteiger partial charge is 0.241 e. The average molecular weight is 467 g/mol. The van der Waals surface area contributed by atoms with Crippen molar-refractivity contribution in [2.75, 3.05) is 13.1 Å². The van der Waals surface area contributed by atoms with Crippen molar-refractivity contribution >= 4 is 54.0 Å². The molecule has 2 aromatic carbocycles. The van der Waals surface area contributed by atoms with Gasteiger partial charge < -0.3 is 4.74 Å². The molecule has 1 unspecified atom stereocenters. The average Bonchev–Trinajstić information content (AvgIpc) is 3.31. The van der Waals surface area contributed by atoms with Gasteiger partial charge in [-0.1, -0.05) is 28.1 Å². The standard InChI is InChI=1S/C23H19BrN2O2S/c24-16-3-1-5-18(12-16)28-19-6-7-21-20(13-19)22(23(29-21)25-14-27)15-8-10-26-9-2-4-17(26)11-15/h1,3,5-8,12-13,17H,2,4,9-11H2. The number of halogens is 1. The summed E-state index contributed by atoms with van der Waals surface area (Å²) in [4.78, 5) is 17.7. The van der Waals surface area contributed by atoms with Crippen molar-refractivity contribution in [1.82, 2.24) is 4.90 Å². The molecule has 0 spiro atoms. The monoisotopic (exact) mass is 466 g/mol. The van der Waals surface area contributed by atoms with Gasteiger partial charge in [0.2, 0.25) is 6.08 Å². The van der Waals surface area contributed by atoms with Crippen molar-refractivity contribution in [3.8, 4) is 11.5 Å². The van der Waals surface area contributed by atoms with Gasteiger partial charge in [-0.2, -0.15) is 4.99 Å². The Morgan fingerprint density at radius 1 is 1.21 bits per heavy atom. The molecule has 1 atom stereocenters. The number of isocyanates is 1. The van der Waals surface area contributed by atoms with E-state index in [1.54, 1.807) is 6.08 Å². The number of thiophene rings is 1. The van der Waals surface area contributed by atoms with Crippen LogP contribution in [0, 0.1) is 0 Å². The Bertz CT molecular complexity index is 1160. The van der Waals surface area contributed by atoms with Crippen molar-refractivity contribution in [1.29, 1.82) is 0 Å². The number of nitrogens with zero attached hydrogens (tertiary/aromatic N) is 2. The molecule has 0 radical (unpaired) electrons. The van der Waals surface area contributed by atoms with Crippen LogP contribution in [0.2, 0.25) is 0 Å². The maximum absolute atomic E-state index is 11.1. The van der Waals surface area contributed by atoms with Gasteiger partial charge in [0.25, 0.3) is 0 Å². The Morgan fingerprint density at radius 2 is 2.10 bits per heavy atom. The fourth-order valence-corrected chi connectivity index (χ4v) is 5.78. The van der Waals surface area contributed by atoms with Crippen LogP contribution in [0.25, 0.3) is 15.7 Å². The van der Waals surface area contributed by atoms with E-state index in [4.69, 9.17) is 4.74 Å². The molecule has 5 rings (SSSR count). The summed E-state index contributed by atoms with van der Waals surface area (Å²) in [5.74, 6) is 1.55. The quantitative estimate of drug-likeness (QED) is 0.318. The Balaban J connectivity index is 1.57. The summed E-state index contributed by atoms with van der Waals surface area (Å²) in [6.07, 6.45) is 7.55. The Kier molecular flexibility index (Phi) is 5.10. The van der Waals surface area contributed by atoms with Gasteiger partial charge in [0, 0.05) is 32.7 Å². The minimum atomic E-state index is 0.596. The molecule has 3 heterocycles. The first kappa shape index (κ1) is 18.8. The third-order valence-electron chi connectivity index (χ3n) is 5.67. The van der Waals surface area contributed by atoms with E-state index in [-0.39, 0.29) is 0 Å². The SMILES string of the molecule is O=C=Nc1sc2ccc(Oc3cccc(Br)c3)cc2c1C1=CCN2CCCC2C1. The zero-order valence-corrected chi connectivity index (χ0v) is 18.1. The summed E-state index contributed by atoms with van der Waals surface area (Å²) < 4.78 is 8.16. The van der Waals surface area contributed by atoms with E-state index in [1.165, 1.54) is 36.3 Å². The first-order chi connectivity index (χ1) is 14.2. The number of aliphatic imine (C=N–C) groups is 1. The van der Waals surface area contributed by atoms with Crippen LogP contribution in [0.5, 0.6) is 11.5 Å². The second-order valence-electron chi connectivity index (χ2n) is 7.43. The summed E-state index contributed by atoms with van der Waals surface area (Å²) in [6, 6.07) is 14.5. The fraction of sp³-hybridized carbons (Fsp3) is 0.261. The lowest BCUT2D eigenvalue weighted by Gasteiger charge is -2.29. The van der Waals surface area contributed by atoms with E-state index in [9.17, 15) is 4.79 Å². The van der Waals surface area contributed by atoms with E-state index >= 15 is 0 Å². The lowest BCUT2D eigenvalue weighted by molar-refractivity contribution is 0.275. The van der Waals surface area contributed by atoms with Crippen LogP contribution >= 0.6 is 27.3 Å². The summed E-state index contributed by atoms with van der Waals surface area (Å²) >= 11 is 5.02. The van der Waals surface area contributed by atoms with Crippen LogP contribution in [0.3, 0.4) is 0 Å². The molecular formula is C23H19BrN2O2S. The third-order valence-corrected chi connectivity index (χ3v) is 7.23. The molecule has 6 heteroatoms. The normalized spacial score (nSPS) is 18.9. The molecule has 0 amide bonds. The van der Waals surface area contributed by atoms with Crippen molar-refractivity contribution in [2.45, 2.75) is 25.3 Å². The van der Waals surface area contributed by atoms with Crippen molar-refractivity contribution in [3.63, 3.8) is 0 Å². The highest BCUT2D eigenvalue weighted by atomic mass is 79.9. The van der Waals surface area contributed by atoms with Crippen molar-refractivity contribution in [3.05, 3.63) is 58.6 Å². The van der Waals surface area contributed by atoms with Crippen molar-refractivity contribution in [2.24, 2.45) is 4.99 Å². The second-order valence-corrected chi connectivity index (χ2v) is 9.37. The summed E-state index contributed by atoms with van der Waals surface area (Å²) in [5.41, 5.74) is 2.35. The zero-order chi connectivity index (χ0) is 19.8. The predicted molar refractivity (Wildman–Crippen MR) is 121 cm³/mol. The number of hydrogen-bond donors (Lipinski definition) is 0. The zero-order valence-electron chi connectivity index (χ0n) is 15.7. The van der Waals surface area contributed by atoms with Gasteiger partial charge in [-0.3, -0.25) is 4.90 Å². The van der Waals surface area contributed by atoms with E-state index in [2.05, 4.69) is 38.0 Å². The predicted octanol–water partition coefficient (Wildman–Crippen LogP) is 6.67. The maximum atomic E-state index is 11.1.